The van der Waals surface area contributed by atoms with Crippen molar-refractivity contribution < 1.29 is 19.0 Å². The lowest BCUT2D eigenvalue weighted by Gasteiger charge is -2.26. The molecule has 5 nitrogen and oxygen atoms in total. The van der Waals surface area contributed by atoms with Gasteiger partial charge in [0.1, 0.15) is 12.7 Å². The van der Waals surface area contributed by atoms with Crippen molar-refractivity contribution in [1.29, 1.82) is 0 Å². The number of hydrogen-bond donors (Lipinski definition) is 1. The summed E-state index contributed by atoms with van der Waals surface area (Å²) in [5.41, 5.74) is 1.14. The lowest BCUT2D eigenvalue weighted by Crippen LogP contribution is -2.40. The van der Waals surface area contributed by atoms with Gasteiger partial charge in [0.2, 0.25) is 5.91 Å². The zero-order chi connectivity index (χ0) is 17.3. The highest BCUT2D eigenvalue weighted by Gasteiger charge is 2.20. The molecule has 132 valence electrons. The maximum Gasteiger partial charge on any atom is 0.220 e. The smallest absolute Gasteiger partial charge is 0.220 e. The van der Waals surface area contributed by atoms with E-state index in [4.69, 9.17) is 14.2 Å². The summed E-state index contributed by atoms with van der Waals surface area (Å²) in [5.74, 6) is 1.48. The molecule has 0 unspecified atom stereocenters. The first-order valence-electron chi connectivity index (χ1n) is 8.58. The molecule has 25 heavy (non-hydrogen) atoms. The third-order valence-electron chi connectivity index (χ3n) is 3.90. The molecule has 1 amide bonds. The monoisotopic (exact) mass is 341 g/mol. The van der Waals surface area contributed by atoms with Crippen molar-refractivity contribution in [3.8, 4) is 11.5 Å². The Bertz CT molecular complexity index is 674. The van der Waals surface area contributed by atoms with E-state index in [1.165, 1.54) is 0 Å². The van der Waals surface area contributed by atoms with Crippen LogP contribution in [0.5, 0.6) is 11.5 Å². The number of ether oxygens (including phenoxy) is 3. The quantitative estimate of drug-likeness (QED) is 0.750. The van der Waals surface area contributed by atoms with Gasteiger partial charge in [-0.1, -0.05) is 42.5 Å². The first kappa shape index (κ1) is 17.3. The molecule has 0 fully saturated rings. The van der Waals surface area contributed by atoms with E-state index in [9.17, 15) is 4.79 Å². The minimum atomic E-state index is -0.159. The highest BCUT2D eigenvalue weighted by Crippen LogP contribution is 2.30. The summed E-state index contributed by atoms with van der Waals surface area (Å²) in [7, 11) is 0. The average molecular weight is 341 g/mol. The van der Waals surface area contributed by atoms with Crippen molar-refractivity contribution in [2.24, 2.45) is 0 Å². The van der Waals surface area contributed by atoms with Gasteiger partial charge >= 0.3 is 0 Å². The first-order valence-corrected chi connectivity index (χ1v) is 8.58. The van der Waals surface area contributed by atoms with Gasteiger partial charge in [0, 0.05) is 13.0 Å². The Morgan fingerprint density at radius 2 is 1.84 bits per heavy atom. The molecule has 1 heterocycles. The molecule has 0 aliphatic carbocycles. The minimum absolute atomic E-state index is 0.00534. The van der Waals surface area contributed by atoms with Crippen LogP contribution in [0.1, 0.15) is 18.4 Å². The van der Waals surface area contributed by atoms with E-state index < -0.39 is 0 Å². The predicted molar refractivity (Wildman–Crippen MR) is 94.7 cm³/mol. The number of nitrogens with one attached hydrogen (secondary N) is 1. The number of hydrogen-bond acceptors (Lipinski definition) is 4. The van der Waals surface area contributed by atoms with Crippen molar-refractivity contribution in [3.05, 3.63) is 60.2 Å². The number of fused-ring (bicyclic) bond motifs is 1. The third kappa shape index (κ3) is 5.50. The van der Waals surface area contributed by atoms with E-state index in [2.05, 4.69) is 5.32 Å². The van der Waals surface area contributed by atoms with E-state index in [0.717, 1.165) is 17.1 Å². The number of para-hydroxylation sites is 2. The van der Waals surface area contributed by atoms with E-state index in [1.54, 1.807) is 0 Å². The van der Waals surface area contributed by atoms with E-state index >= 15 is 0 Å². The summed E-state index contributed by atoms with van der Waals surface area (Å²) < 4.78 is 17.0. The number of benzene rings is 2. The molecule has 3 rings (SSSR count). The largest absolute Gasteiger partial charge is 0.486 e. The highest BCUT2D eigenvalue weighted by molar-refractivity contribution is 5.75. The Morgan fingerprint density at radius 3 is 2.68 bits per heavy atom. The summed E-state index contributed by atoms with van der Waals surface area (Å²) in [5, 5.41) is 2.89. The zero-order valence-electron chi connectivity index (χ0n) is 14.1. The lowest BCUT2D eigenvalue weighted by atomic mass is 10.2. The van der Waals surface area contributed by atoms with Crippen LogP contribution in [0.4, 0.5) is 0 Å². The van der Waals surface area contributed by atoms with Gasteiger partial charge in [0.05, 0.1) is 13.2 Å². The lowest BCUT2D eigenvalue weighted by molar-refractivity contribution is -0.122. The van der Waals surface area contributed by atoms with Crippen molar-refractivity contribution >= 4 is 5.91 Å². The van der Waals surface area contributed by atoms with E-state index in [-0.39, 0.29) is 12.0 Å². The normalized spacial score (nSPS) is 15.6. The Morgan fingerprint density at radius 1 is 1.08 bits per heavy atom. The summed E-state index contributed by atoms with van der Waals surface area (Å²) in [4.78, 5) is 11.9. The van der Waals surface area contributed by atoms with Gasteiger partial charge < -0.3 is 19.5 Å². The fourth-order valence-corrected chi connectivity index (χ4v) is 2.58. The molecule has 1 N–H and O–H groups in total. The number of carbonyl (C=O) groups is 1. The Kier molecular flexibility index (Phi) is 6.29. The molecule has 1 atom stereocenters. The molecule has 0 bridgehead atoms. The van der Waals surface area contributed by atoms with Gasteiger partial charge in [-0.15, -0.1) is 0 Å². The topological polar surface area (TPSA) is 56.8 Å². The van der Waals surface area contributed by atoms with Crippen molar-refractivity contribution in [3.63, 3.8) is 0 Å². The SMILES string of the molecule is O=C(CCCOCc1ccccc1)NC[C@H]1COc2ccccc2O1. The second-order valence-corrected chi connectivity index (χ2v) is 5.94. The fourth-order valence-electron chi connectivity index (χ4n) is 2.58. The molecule has 5 heteroatoms. The highest BCUT2D eigenvalue weighted by atomic mass is 16.6. The zero-order valence-corrected chi connectivity index (χ0v) is 14.1. The van der Waals surface area contributed by atoms with Crippen LogP contribution in [0, 0.1) is 0 Å². The third-order valence-corrected chi connectivity index (χ3v) is 3.90. The molecular weight excluding hydrogens is 318 g/mol. The van der Waals surface area contributed by atoms with Crippen molar-refractivity contribution in [1.82, 2.24) is 5.32 Å². The molecule has 0 spiro atoms. The van der Waals surface area contributed by atoms with Crippen LogP contribution in [-0.2, 0) is 16.1 Å². The van der Waals surface area contributed by atoms with E-state index in [0.29, 0.717) is 39.2 Å². The summed E-state index contributed by atoms with van der Waals surface area (Å²) in [6.07, 6.45) is 0.982. The number of rotatable bonds is 8. The summed E-state index contributed by atoms with van der Waals surface area (Å²) >= 11 is 0. The Labute approximate surface area is 147 Å². The van der Waals surface area contributed by atoms with Crippen LogP contribution in [-0.4, -0.2) is 31.8 Å². The predicted octanol–water partition coefficient (Wildman–Crippen LogP) is 2.94. The maximum atomic E-state index is 11.9. The molecule has 0 saturated carbocycles. The molecule has 2 aromatic carbocycles. The number of amides is 1. The van der Waals surface area contributed by atoms with Crippen LogP contribution in [0.25, 0.3) is 0 Å². The molecule has 2 aromatic rings. The van der Waals surface area contributed by atoms with Crippen LogP contribution < -0.4 is 14.8 Å². The number of carbonyl (C=O) groups excluding carboxylic acids is 1. The minimum Gasteiger partial charge on any atom is -0.486 e. The van der Waals surface area contributed by atoms with Gasteiger partial charge in [-0.3, -0.25) is 4.79 Å². The van der Waals surface area contributed by atoms with Crippen molar-refractivity contribution in [2.45, 2.75) is 25.6 Å². The van der Waals surface area contributed by atoms with Crippen LogP contribution in [0.15, 0.2) is 54.6 Å². The average Bonchev–Trinajstić information content (AvgIpc) is 2.67. The molecule has 1 aliphatic rings. The molecule has 0 saturated heterocycles. The van der Waals surface area contributed by atoms with Gasteiger partial charge in [-0.2, -0.15) is 0 Å². The standard InChI is InChI=1S/C20H23NO4/c22-20(11-6-12-23-14-16-7-2-1-3-8-16)21-13-17-15-24-18-9-4-5-10-19(18)25-17/h1-5,7-10,17H,6,11-15H2,(H,21,22)/t17-/m0/s1. The molecule has 0 aromatic heterocycles. The van der Waals surface area contributed by atoms with Crippen LogP contribution in [0.3, 0.4) is 0 Å². The second kappa shape index (κ2) is 9.08. The van der Waals surface area contributed by atoms with Gasteiger partial charge in [0.15, 0.2) is 11.5 Å². The van der Waals surface area contributed by atoms with Crippen LogP contribution in [0.2, 0.25) is 0 Å². The summed E-state index contributed by atoms with van der Waals surface area (Å²) in [6.45, 7) is 2.03. The summed E-state index contributed by atoms with van der Waals surface area (Å²) in [6, 6.07) is 17.6. The molecule has 1 aliphatic heterocycles. The van der Waals surface area contributed by atoms with Gasteiger partial charge in [-0.25, -0.2) is 0 Å². The Balaban J connectivity index is 1.27. The van der Waals surface area contributed by atoms with E-state index in [1.807, 2.05) is 54.6 Å². The molecular formula is C20H23NO4. The Hall–Kier alpha value is -2.53. The second-order valence-electron chi connectivity index (χ2n) is 5.94. The molecule has 0 radical (unpaired) electrons. The van der Waals surface area contributed by atoms with Gasteiger partial charge in [-0.05, 0) is 24.1 Å². The first-order chi connectivity index (χ1) is 12.3. The van der Waals surface area contributed by atoms with Gasteiger partial charge in [0.25, 0.3) is 0 Å². The fraction of sp³-hybridized carbons (Fsp3) is 0.350. The maximum absolute atomic E-state index is 11.9. The van der Waals surface area contributed by atoms with Crippen LogP contribution >= 0.6 is 0 Å². The van der Waals surface area contributed by atoms with Crippen molar-refractivity contribution in [2.75, 3.05) is 19.8 Å².